The molecule has 1 radical (unpaired) electrons. The van der Waals surface area contributed by atoms with Crippen molar-refractivity contribution >= 4 is 0 Å². The Morgan fingerprint density at radius 3 is 3.56 bits per heavy atom. The Kier molecular flexibility index (Phi) is 1.19. The van der Waals surface area contributed by atoms with E-state index in [9.17, 15) is 0 Å². The summed E-state index contributed by atoms with van der Waals surface area (Å²) in [6.45, 7) is 1.08. The van der Waals surface area contributed by atoms with Crippen molar-refractivity contribution in [3.8, 4) is 0 Å². The van der Waals surface area contributed by atoms with Gasteiger partial charge in [0.15, 0.2) is 0 Å². The molecule has 1 fully saturated rings. The lowest BCUT2D eigenvalue weighted by Crippen LogP contribution is -2.12. The Bertz CT molecular complexity index is 140. The summed E-state index contributed by atoms with van der Waals surface area (Å²) in [7, 11) is 0. The fourth-order valence-electron chi connectivity index (χ4n) is 1.52. The van der Waals surface area contributed by atoms with E-state index in [0.717, 1.165) is 12.5 Å². The first-order chi connectivity index (χ1) is 4.47. The Morgan fingerprint density at radius 2 is 2.67 bits per heavy atom. The lowest BCUT2D eigenvalue weighted by Gasteiger charge is -2.12. The molecule has 2 nitrogen and oxygen atoms in total. The summed E-state index contributed by atoms with van der Waals surface area (Å²) >= 11 is 0. The van der Waals surface area contributed by atoms with E-state index >= 15 is 0 Å². The van der Waals surface area contributed by atoms with Crippen LogP contribution in [-0.4, -0.2) is 6.54 Å². The molecule has 0 bridgehead atoms. The molecule has 0 spiro atoms. The number of nitrogens with zero attached hydrogens (tertiary/aromatic N) is 1. The molecule has 1 N–H and O–H groups in total. The van der Waals surface area contributed by atoms with Gasteiger partial charge in [0, 0.05) is 12.5 Å². The normalized spacial score (nSPS) is 32.9. The van der Waals surface area contributed by atoms with Gasteiger partial charge in [-0.05, 0) is 19.3 Å². The standard InChI is InChI=1S/C7H11N2/c1-2-4-7-6(3-1)5-8-9-7/h4,6,8H,1-3,5H2. The van der Waals surface area contributed by atoms with Gasteiger partial charge in [0.25, 0.3) is 0 Å². The molecule has 0 saturated carbocycles. The number of rotatable bonds is 0. The highest BCUT2D eigenvalue weighted by molar-refractivity contribution is 5.10. The average molecular weight is 123 g/mol. The van der Waals surface area contributed by atoms with E-state index in [-0.39, 0.29) is 0 Å². The lowest BCUT2D eigenvalue weighted by molar-refractivity contribution is 0.546. The zero-order chi connectivity index (χ0) is 6.10. The summed E-state index contributed by atoms with van der Waals surface area (Å²) in [5.41, 5.74) is 8.50. The molecule has 0 aromatic heterocycles. The van der Waals surface area contributed by atoms with Crippen LogP contribution >= 0.6 is 0 Å². The third-order valence-corrected chi connectivity index (χ3v) is 2.07. The van der Waals surface area contributed by atoms with Crippen molar-refractivity contribution in [2.45, 2.75) is 19.3 Å². The molecule has 2 rings (SSSR count). The summed E-state index contributed by atoms with van der Waals surface area (Å²) in [5.74, 6) is 0.749. The van der Waals surface area contributed by atoms with Crippen LogP contribution in [0.25, 0.3) is 0 Å². The van der Waals surface area contributed by atoms with Crippen LogP contribution in [0.15, 0.2) is 11.8 Å². The van der Waals surface area contributed by atoms with Gasteiger partial charge in [-0.3, -0.25) is 0 Å². The maximum atomic E-state index is 4.17. The zero-order valence-electron chi connectivity index (χ0n) is 5.43. The van der Waals surface area contributed by atoms with Crippen LogP contribution in [0, 0.1) is 5.92 Å². The molecule has 1 saturated heterocycles. The summed E-state index contributed by atoms with van der Waals surface area (Å²) in [6, 6.07) is 0. The van der Waals surface area contributed by atoms with E-state index in [1.807, 2.05) is 0 Å². The Hall–Kier alpha value is -0.500. The summed E-state index contributed by atoms with van der Waals surface area (Å²) in [6.07, 6.45) is 6.18. The van der Waals surface area contributed by atoms with Crippen LogP contribution in [-0.2, 0) is 0 Å². The molecular weight excluding hydrogens is 112 g/mol. The highest BCUT2D eigenvalue weighted by atomic mass is 15.4. The molecule has 1 aliphatic heterocycles. The average Bonchev–Trinajstić information content (AvgIpc) is 2.33. The third-order valence-electron chi connectivity index (χ3n) is 2.07. The SMILES string of the molecule is C1=C2[N]NCC2CCC1. The van der Waals surface area contributed by atoms with E-state index < -0.39 is 0 Å². The molecule has 0 aromatic carbocycles. The number of hydrogen-bond acceptors (Lipinski definition) is 1. The fourth-order valence-corrected chi connectivity index (χ4v) is 1.52. The van der Waals surface area contributed by atoms with E-state index in [1.165, 1.54) is 25.0 Å². The summed E-state index contributed by atoms with van der Waals surface area (Å²) < 4.78 is 0. The molecule has 0 amide bonds. The second kappa shape index (κ2) is 2.03. The smallest absolute Gasteiger partial charge is 0.0552 e. The van der Waals surface area contributed by atoms with Crippen molar-refractivity contribution in [2.75, 3.05) is 6.54 Å². The summed E-state index contributed by atoms with van der Waals surface area (Å²) in [5, 5.41) is 0. The molecule has 2 aliphatic rings. The Balaban J connectivity index is 2.16. The number of hydrogen-bond donors (Lipinski definition) is 1. The van der Waals surface area contributed by atoms with Crippen LogP contribution in [0.5, 0.6) is 0 Å². The van der Waals surface area contributed by atoms with Crippen molar-refractivity contribution in [1.29, 1.82) is 0 Å². The van der Waals surface area contributed by atoms with Crippen LogP contribution in [0.1, 0.15) is 19.3 Å². The first-order valence-corrected chi connectivity index (χ1v) is 3.60. The molecule has 1 unspecified atom stereocenters. The fraction of sp³-hybridized carbons (Fsp3) is 0.714. The van der Waals surface area contributed by atoms with Gasteiger partial charge in [-0.25, -0.2) is 10.9 Å². The van der Waals surface area contributed by atoms with Crippen LogP contribution in [0.3, 0.4) is 0 Å². The largest absolute Gasteiger partial charge is 0.213 e. The van der Waals surface area contributed by atoms with Gasteiger partial charge in [-0.2, -0.15) is 0 Å². The molecule has 1 heterocycles. The van der Waals surface area contributed by atoms with Gasteiger partial charge in [-0.15, -0.1) is 0 Å². The molecule has 1 atom stereocenters. The highest BCUT2D eigenvalue weighted by Crippen LogP contribution is 2.25. The van der Waals surface area contributed by atoms with Crippen molar-refractivity contribution in [3.63, 3.8) is 0 Å². The quantitative estimate of drug-likeness (QED) is 0.506. The van der Waals surface area contributed by atoms with E-state index in [4.69, 9.17) is 0 Å². The van der Waals surface area contributed by atoms with E-state index in [2.05, 4.69) is 16.9 Å². The molecular formula is C7H11N2. The first-order valence-electron chi connectivity index (χ1n) is 3.60. The molecule has 2 heteroatoms. The van der Waals surface area contributed by atoms with Gasteiger partial charge in [0.05, 0.1) is 5.70 Å². The number of fused-ring (bicyclic) bond motifs is 1. The second-order valence-corrected chi connectivity index (χ2v) is 2.73. The van der Waals surface area contributed by atoms with Crippen molar-refractivity contribution < 1.29 is 0 Å². The van der Waals surface area contributed by atoms with Crippen LogP contribution in [0.2, 0.25) is 0 Å². The monoisotopic (exact) mass is 123 g/mol. The van der Waals surface area contributed by atoms with Crippen molar-refractivity contribution in [2.24, 2.45) is 5.92 Å². The minimum absolute atomic E-state index is 0.749. The predicted octanol–water partition coefficient (Wildman–Crippen LogP) is 0.793. The Morgan fingerprint density at radius 1 is 1.67 bits per heavy atom. The van der Waals surface area contributed by atoms with E-state index in [0.29, 0.717) is 0 Å². The maximum Gasteiger partial charge on any atom is 0.0552 e. The molecule has 0 aromatic rings. The van der Waals surface area contributed by atoms with Crippen LogP contribution < -0.4 is 10.9 Å². The van der Waals surface area contributed by atoms with Gasteiger partial charge in [0.1, 0.15) is 0 Å². The van der Waals surface area contributed by atoms with Gasteiger partial charge >= 0.3 is 0 Å². The topological polar surface area (TPSA) is 26.1 Å². The molecule has 9 heavy (non-hydrogen) atoms. The van der Waals surface area contributed by atoms with Gasteiger partial charge < -0.3 is 0 Å². The number of allylic oxidation sites excluding steroid dienone is 1. The zero-order valence-corrected chi connectivity index (χ0v) is 5.43. The van der Waals surface area contributed by atoms with Gasteiger partial charge in [0.2, 0.25) is 0 Å². The van der Waals surface area contributed by atoms with E-state index in [1.54, 1.807) is 0 Å². The van der Waals surface area contributed by atoms with Crippen molar-refractivity contribution in [3.05, 3.63) is 11.8 Å². The van der Waals surface area contributed by atoms with Crippen LogP contribution in [0.4, 0.5) is 0 Å². The second-order valence-electron chi connectivity index (χ2n) is 2.73. The first kappa shape index (κ1) is 5.30. The third kappa shape index (κ3) is 0.833. The minimum atomic E-state index is 0.749. The highest BCUT2D eigenvalue weighted by Gasteiger charge is 2.23. The lowest BCUT2D eigenvalue weighted by atomic mass is 9.94. The summed E-state index contributed by atoms with van der Waals surface area (Å²) in [4.78, 5) is 0. The predicted molar refractivity (Wildman–Crippen MR) is 35.6 cm³/mol. The van der Waals surface area contributed by atoms with Gasteiger partial charge in [-0.1, -0.05) is 6.08 Å². The molecule has 1 aliphatic carbocycles. The van der Waals surface area contributed by atoms with Crippen molar-refractivity contribution in [1.82, 2.24) is 10.9 Å². The number of nitrogens with one attached hydrogen (secondary N) is 1. The minimum Gasteiger partial charge on any atom is -0.213 e. The maximum absolute atomic E-state index is 4.17. The Labute approximate surface area is 55.3 Å². The molecule has 49 valence electrons.